The first kappa shape index (κ1) is 8.21. The van der Waals surface area contributed by atoms with Gasteiger partial charge in [-0.15, -0.1) is 0 Å². The molecular weight excluding hydrogens is 167 g/mol. The lowest BCUT2D eigenvalue weighted by molar-refractivity contribution is 0.623. The molecule has 1 aliphatic rings. The fraction of sp³-hybridized carbons (Fsp3) is 0.300. The average Bonchev–Trinajstić information content (AvgIpc) is 2.84. The van der Waals surface area contributed by atoms with Crippen LogP contribution in [0.2, 0.25) is 0 Å². The fourth-order valence-corrected chi connectivity index (χ4v) is 1.45. The first-order valence-electron chi connectivity index (χ1n) is 4.15. The molecule has 0 amide bonds. The van der Waals surface area contributed by atoms with E-state index in [2.05, 4.69) is 0 Å². The zero-order chi connectivity index (χ0) is 9.47. The van der Waals surface area contributed by atoms with Crippen molar-refractivity contribution in [2.45, 2.75) is 18.4 Å². The summed E-state index contributed by atoms with van der Waals surface area (Å²) in [6.07, 6.45) is 1.76. The summed E-state index contributed by atoms with van der Waals surface area (Å²) in [7, 11) is 0. The van der Waals surface area contributed by atoms with Gasteiger partial charge in [-0.05, 0) is 30.5 Å². The Morgan fingerprint density at radius 1 is 1.46 bits per heavy atom. The van der Waals surface area contributed by atoms with E-state index in [9.17, 15) is 4.39 Å². The van der Waals surface area contributed by atoms with Crippen molar-refractivity contribution in [3.05, 3.63) is 35.1 Å². The molecule has 0 aliphatic heterocycles. The second kappa shape index (κ2) is 2.54. The van der Waals surface area contributed by atoms with Gasteiger partial charge in [0.15, 0.2) is 0 Å². The van der Waals surface area contributed by atoms with Crippen LogP contribution in [0.5, 0.6) is 0 Å². The van der Waals surface area contributed by atoms with Crippen LogP contribution in [0, 0.1) is 17.1 Å². The third-order valence-corrected chi connectivity index (χ3v) is 2.43. The molecule has 13 heavy (non-hydrogen) atoms. The topological polar surface area (TPSA) is 49.8 Å². The van der Waals surface area contributed by atoms with Crippen molar-refractivity contribution >= 4 is 0 Å². The molecule has 66 valence electrons. The molecule has 1 fully saturated rings. The Hall–Kier alpha value is -1.40. The molecule has 2 rings (SSSR count). The van der Waals surface area contributed by atoms with Gasteiger partial charge in [0.05, 0.1) is 11.6 Å². The first-order valence-corrected chi connectivity index (χ1v) is 4.15. The van der Waals surface area contributed by atoms with Crippen LogP contribution in [-0.2, 0) is 5.54 Å². The first-order chi connectivity index (χ1) is 6.15. The van der Waals surface area contributed by atoms with Crippen molar-refractivity contribution in [3.63, 3.8) is 0 Å². The minimum Gasteiger partial charge on any atom is -0.321 e. The highest BCUT2D eigenvalue weighted by atomic mass is 19.1. The number of hydrogen-bond donors (Lipinski definition) is 1. The van der Waals surface area contributed by atoms with E-state index in [0.29, 0.717) is 5.56 Å². The summed E-state index contributed by atoms with van der Waals surface area (Å²) in [5.74, 6) is -0.385. The summed E-state index contributed by atoms with van der Waals surface area (Å²) in [6.45, 7) is 0. The number of benzene rings is 1. The lowest BCUT2D eigenvalue weighted by Crippen LogP contribution is -2.20. The maximum atomic E-state index is 12.8. The Morgan fingerprint density at radius 3 is 2.69 bits per heavy atom. The summed E-state index contributed by atoms with van der Waals surface area (Å²) in [4.78, 5) is 0. The molecule has 1 aliphatic carbocycles. The second-order valence-electron chi connectivity index (χ2n) is 3.46. The highest BCUT2D eigenvalue weighted by Gasteiger charge is 2.41. The van der Waals surface area contributed by atoms with Crippen LogP contribution in [0.25, 0.3) is 0 Å². The smallest absolute Gasteiger partial charge is 0.124 e. The number of hydrogen-bond acceptors (Lipinski definition) is 2. The van der Waals surface area contributed by atoms with Gasteiger partial charge in [-0.1, -0.05) is 6.07 Å². The average molecular weight is 176 g/mol. The van der Waals surface area contributed by atoms with Gasteiger partial charge in [0, 0.05) is 5.54 Å². The largest absolute Gasteiger partial charge is 0.321 e. The van der Waals surface area contributed by atoms with Crippen molar-refractivity contribution < 1.29 is 4.39 Å². The van der Waals surface area contributed by atoms with Crippen LogP contribution >= 0.6 is 0 Å². The molecule has 3 heteroatoms. The van der Waals surface area contributed by atoms with E-state index in [1.807, 2.05) is 6.07 Å². The summed E-state index contributed by atoms with van der Waals surface area (Å²) in [6, 6.07) is 6.16. The summed E-state index contributed by atoms with van der Waals surface area (Å²) >= 11 is 0. The lowest BCUT2D eigenvalue weighted by Gasteiger charge is -2.10. The molecule has 1 aromatic rings. The Bertz CT molecular complexity index is 388. The standard InChI is InChI=1S/C10H9FN2/c11-8-1-2-9(7(5-8)6-12)10(13)3-4-10/h1-2,5H,3-4,13H2. The predicted octanol–water partition coefficient (Wildman–Crippen LogP) is 1.65. The SMILES string of the molecule is N#Cc1cc(F)ccc1C1(N)CC1. The van der Waals surface area contributed by atoms with Crippen LogP contribution in [-0.4, -0.2) is 0 Å². The van der Waals surface area contributed by atoms with E-state index in [4.69, 9.17) is 11.0 Å². The minimum absolute atomic E-state index is 0.361. The maximum Gasteiger partial charge on any atom is 0.124 e. The van der Waals surface area contributed by atoms with Crippen LogP contribution in [0.4, 0.5) is 4.39 Å². The van der Waals surface area contributed by atoms with Crippen molar-refractivity contribution in [2.24, 2.45) is 5.73 Å². The lowest BCUT2D eigenvalue weighted by atomic mass is 10.00. The molecule has 0 bridgehead atoms. The number of nitriles is 1. The third-order valence-electron chi connectivity index (χ3n) is 2.43. The number of rotatable bonds is 1. The number of nitrogens with zero attached hydrogens (tertiary/aromatic N) is 1. The normalized spacial score (nSPS) is 17.9. The summed E-state index contributed by atoms with van der Waals surface area (Å²) < 4.78 is 12.8. The molecule has 0 unspecified atom stereocenters. The van der Waals surface area contributed by atoms with E-state index in [1.54, 1.807) is 6.07 Å². The Kier molecular flexibility index (Phi) is 1.61. The molecule has 2 N–H and O–H groups in total. The Morgan fingerprint density at radius 2 is 2.15 bits per heavy atom. The van der Waals surface area contributed by atoms with Gasteiger partial charge in [0.2, 0.25) is 0 Å². The molecule has 0 spiro atoms. The number of halogens is 1. The van der Waals surface area contributed by atoms with Gasteiger partial charge in [0.1, 0.15) is 5.82 Å². The summed E-state index contributed by atoms with van der Waals surface area (Å²) in [5, 5.41) is 8.76. The predicted molar refractivity (Wildman–Crippen MR) is 46.2 cm³/mol. The molecule has 0 saturated heterocycles. The molecule has 1 saturated carbocycles. The van der Waals surface area contributed by atoms with Crippen LogP contribution in [0.15, 0.2) is 18.2 Å². The van der Waals surface area contributed by atoms with E-state index >= 15 is 0 Å². The van der Waals surface area contributed by atoms with Crippen molar-refractivity contribution in [3.8, 4) is 6.07 Å². The van der Waals surface area contributed by atoms with Crippen LogP contribution < -0.4 is 5.73 Å². The van der Waals surface area contributed by atoms with Gasteiger partial charge < -0.3 is 5.73 Å². The quantitative estimate of drug-likeness (QED) is 0.707. The molecule has 2 nitrogen and oxygen atoms in total. The fourth-order valence-electron chi connectivity index (χ4n) is 1.45. The molecule has 0 heterocycles. The minimum atomic E-state index is -0.385. The van der Waals surface area contributed by atoms with Crippen LogP contribution in [0.3, 0.4) is 0 Å². The monoisotopic (exact) mass is 176 g/mol. The molecule has 1 aromatic carbocycles. The number of nitrogens with two attached hydrogens (primary N) is 1. The van der Waals surface area contributed by atoms with Crippen molar-refractivity contribution in [1.29, 1.82) is 5.26 Å². The van der Waals surface area contributed by atoms with Gasteiger partial charge >= 0.3 is 0 Å². The van der Waals surface area contributed by atoms with Crippen molar-refractivity contribution in [2.75, 3.05) is 0 Å². The van der Waals surface area contributed by atoms with E-state index in [-0.39, 0.29) is 11.4 Å². The highest BCUT2D eigenvalue weighted by molar-refractivity contribution is 5.44. The van der Waals surface area contributed by atoms with E-state index in [0.717, 1.165) is 18.4 Å². The van der Waals surface area contributed by atoms with E-state index in [1.165, 1.54) is 12.1 Å². The highest BCUT2D eigenvalue weighted by Crippen LogP contribution is 2.43. The van der Waals surface area contributed by atoms with Crippen molar-refractivity contribution in [1.82, 2.24) is 0 Å². The summed E-state index contributed by atoms with van der Waals surface area (Å²) in [5.41, 5.74) is 6.69. The molecule has 0 aromatic heterocycles. The molecule has 0 atom stereocenters. The zero-order valence-corrected chi connectivity index (χ0v) is 7.05. The second-order valence-corrected chi connectivity index (χ2v) is 3.46. The third kappa shape index (κ3) is 1.30. The Labute approximate surface area is 75.8 Å². The van der Waals surface area contributed by atoms with Crippen LogP contribution in [0.1, 0.15) is 24.0 Å². The van der Waals surface area contributed by atoms with E-state index < -0.39 is 0 Å². The van der Waals surface area contributed by atoms with Gasteiger partial charge in [-0.2, -0.15) is 5.26 Å². The van der Waals surface area contributed by atoms with Gasteiger partial charge in [-0.25, -0.2) is 4.39 Å². The molecule has 0 radical (unpaired) electrons. The maximum absolute atomic E-state index is 12.8. The van der Waals surface area contributed by atoms with Gasteiger partial charge in [0.25, 0.3) is 0 Å². The zero-order valence-electron chi connectivity index (χ0n) is 7.05. The molecular formula is C10H9FN2. The Balaban J connectivity index is 2.52. The van der Waals surface area contributed by atoms with Gasteiger partial charge in [-0.3, -0.25) is 0 Å².